The maximum atomic E-state index is 11.7. The van der Waals surface area contributed by atoms with Gasteiger partial charge in [-0.15, -0.1) is 0 Å². The quantitative estimate of drug-likeness (QED) is 0.617. The van der Waals surface area contributed by atoms with Gasteiger partial charge in [0, 0.05) is 6.08 Å². The summed E-state index contributed by atoms with van der Waals surface area (Å²) in [6.45, 7) is 1.66. The Labute approximate surface area is 155 Å². The van der Waals surface area contributed by atoms with Gasteiger partial charge in [0.05, 0.1) is 10.0 Å². The number of halogens is 2. The molecule has 0 radical (unpaired) electrons. The molecule has 0 saturated carbocycles. The van der Waals surface area contributed by atoms with Crippen LogP contribution in [0.3, 0.4) is 0 Å². The smallest absolute Gasteiger partial charge is 0.276 e. The van der Waals surface area contributed by atoms with Crippen molar-refractivity contribution in [3.63, 3.8) is 0 Å². The third-order valence-corrected chi connectivity index (χ3v) is 4.01. The van der Waals surface area contributed by atoms with Crippen LogP contribution in [-0.2, 0) is 9.59 Å². The second-order valence-electron chi connectivity index (χ2n) is 5.07. The van der Waals surface area contributed by atoms with Crippen molar-refractivity contribution in [1.29, 1.82) is 0 Å². The summed E-state index contributed by atoms with van der Waals surface area (Å²) in [5.41, 5.74) is 6.03. The fourth-order valence-corrected chi connectivity index (χ4v) is 2.26. The van der Waals surface area contributed by atoms with E-state index in [1.165, 1.54) is 12.2 Å². The van der Waals surface area contributed by atoms with Crippen molar-refractivity contribution < 1.29 is 14.3 Å². The van der Waals surface area contributed by atoms with Crippen molar-refractivity contribution in [2.24, 2.45) is 0 Å². The molecule has 5 nitrogen and oxygen atoms in total. The van der Waals surface area contributed by atoms with Crippen molar-refractivity contribution >= 4 is 41.1 Å². The van der Waals surface area contributed by atoms with Crippen molar-refractivity contribution in [2.75, 3.05) is 6.61 Å². The number of carbonyl (C=O) groups excluding carboxylic acids is 2. The zero-order chi connectivity index (χ0) is 18.2. The van der Waals surface area contributed by atoms with E-state index in [-0.39, 0.29) is 6.61 Å². The first kappa shape index (κ1) is 18.8. The number of nitrogens with one attached hydrogen (secondary N) is 2. The first-order chi connectivity index (χ1) is 12.0. The van der Waals surface area contributed by atoms with E-state index in [1.54, 1.807) is 24.3 Å². The Morgan fingerprint density at radius 3 is 2.60 bits per heavy atom. The lowest BCUT2D eigenvalue weighted by Crippen LogP contribution is -2.43. The van der Waals surface area contributed by atoms with Gasteiger partial charge in [0.2, 0.25) is 0 Å². The average molecular weight is 379 g/mol. The molecule has 0 aliphatic carbocycles. The van der Waals surface area contributed by atoms with Crippen LogP contribution in [0.1, 0.15) is 11.1 Å². The number of amides is 2. The summed E-state index contributed by atoms with van der Waals surface area (Å²) in [5, 5.41) is 0.745. The molecule has 0 aliphatic heterocycles. The topological polar surface area (TPSA) is 67.4 Å². The van der Waals surface area contributed by atoms with Gasteiger partial charge in [0.25, 0.3) is 11.8 Å². The van der Waals surface area contributed by atoms with Gasteiger partial charge in [-0.2, -0.15) is 0 Å². The first-order valence-corrected chi connectivity index (χ1v) is 8.12. The zero-order valence-electron chi connectivity index (χ0n) is 13.4. The summed E-state index contributed by atoms with van der Waals surface area (Å²) in [4.78, 5) is 23.4. The minimum absolute atomic E-state index is 0.213. The minimum atomic E-state index is -0.514. The highest BCUT2D eigenvalue weighted by Crippen LogP contribution is 2.26. The molecule has 2 amide bonds. The predicted molar refractivity (Wildman–Crippen MR) is 98.5 cm³/mol. The molecule has 2 aromatic carbocycles. The standard InChI is InChI=1S/C18H16Cl2N2O3/c1-12-5-2-3-8-15(12)25-11-17(24)22-21-16(23)10-9-13-6-4-7-14(19)18(13)20/h2-10H,11H2,1H3,(H,21,23)(H,22,24)/b10-9+. The molecule has 0 bridgehead atoms. The van der Waals surface area contributed by atoms with Gasteiger partial charge in [-0.05, 0) is 36.3 Å². The van der Waals surface area contributed by atoms with E-state index in [1.807, 2.05) is 25.1 Å². The van der Waals surface area contributed by atoms with E-state index in [4.69, 9.17) is 27.9 Å². The van der Waals surface area contributed by atoms with Gasteiger partial charge in [-0.1, -0.05) is 53.5 Å². The predicted octanol–water partition coefficient (Wildman–Crippen LogP) is 3.54. The van der Waals surface area contributed by atoms with Gasteiger partial charge >= 0.3 is 0 Å². The number of para-hydroxylation sites is 1. The SMILES string of the molecule is Cc1ccccc1OCC(=O)NNC(=O)/C=C/c1cccc(Cl)c1Cl. The van der Waals surface area contributed by atoms with Gasteiger partial charge < -0.3 is 4.74 Å². The Bertz CT molecular complexity index is 807. The maximum Gasteiger partial charge on any atom is 0.276 e. The number of ether oxygens (including phenoxy) is 1. The molecule has 2 aromatic rings. The molecule has 25 heavy (non-hydrogen) atoms. The third kappa shape index (κ3) is 5.81. The molecule has 130 valence electrons. The number of aryl methyl sites for hydroxylation is 1. The van der Waals surface area contributed by atoms with E-state index in [0.29, 0.717) is 21.4 Å². The first-order valence-electron chi connectivity index (χ1n) is 7.36. The second-order valence-corrected chi connectivity index (χ2v) is 5.85. The Kier molecular flexibility index (Phi) is 6.86. The highest BCUT2D eigenvalue weighted by molar-refractivity contribution is 6.42. The van der Waals surface area contributed by atoms with Crippen LogP contribution in [0.15, 0.2) is 48.5 Å². The molecular formula is C18H16Cl2N2O3. The molecule has 0 saturated heterocycles. The van der Waals surface area contributed by atoms with E-state index in [9.17, 15) is 9.59 Å². The van der Waals surface area contributed by atoms with Crippen LogP contribution in [0, 0.1) is 6.92 Å². The third-order valence-electron chi connectivity index (χ3n) is 3.17. The van der Waals surface area contributed by atoms with Gasteiger partial charge in [0.1, 0.15) is 5.75 Å². The van der Waals surface area contributed by atoms with Crippen LogP contribution >= 0.6 is 23.2 Å². The van der Waals surface area contributed by atoms with Crippen LogP contribution in [0.5, 0.6) is 5.75 Å². The summed E-state index contributed by atoms with van der Waals surface area (Å²) >= 11 is 11.9. The molecule has 0 unspecified atom stereocenters. The summed E-state index contributed by atoms with van der Waals surface area (Å²) in [6, 6.07) is 12.4. The van der Waals surface area contributed by atoms with Crippen LogP contribution in [0.2, 0.25) is 10.0 Å². The normalized spacial score (nSPS) is 10.5. The minimum Gasteiger partial charge on any atom is -0.483 e. The molecule has 7 heteroatoms. The van der Waals surface area contributed by atoms with E-state index in [0.717, 1.165) is 5.56 Å². The summed E-state index contributed by atoms with van der Waals surface area (Å²) in [5.74, 6) is -0.384. The fraction of sp³-hybridized carbons (Fsp3) is 0.111. The molecule has 2 N–H and O–H groups in total. The van der Waals surface area contributed by atoms with Crippen LogP contribution in [-0.4, -0.2) is 18.4 Å². The number of hydrazine groups is 1. The molecule has 0 atom stereocenters. The van der Waals surface area contributed by atoms with E-state index in [2.05, 4.69) is 10.9 Å². The molecule has 0 fully saturated rings. The lowest BCUT2D eigenvalue weighted by atomic mass is 10.2. The van der Waals surface area contributed by atoms with Crippen molar-refractivity contribution in [3.05, 3.63) is 69.7 Å². The van der Waals surface area contributed by atoms with Crippen LogP contribution in [0.4, 0.5) is 0 Å². The van der Waals surface area contributed by atoms with Crippen LogP contribution < -0.4 is 15.6 Å². The van der Waals surface area contributed by atoms with Gasteiger partial charge in [-0.25, -0.2) is 0 Å². The second kappa shape index (κ2) is 9.11. The Morgan fingerprint density at radius 2 is 1.84 bits per heavy atom. The molecular weight excluding hydrogens is 363 g/mol. The summed E-state index contributed by atoms with van der Waals surface area (Å²) in [6.07, 6.45) is 2.74. The molecule has 2 rings (SSSR count). The lowest BCUT2D eigenvalue weighted by molar-refractivity contribution is -0.128. The molecule has 0 spiro atoms. The van der Waals surface area contributed by atoms with Crippen molar-refractivity contribution in [2.45, 2.75) is 6.92 Å². The Balaban J connectivity index is 1.79. The zero-order valence-corrected chi connectivity index (χ0v) is 14.9. The number of carbonyl (C=O) groups is 2. The molecule has 0 heterocycles. The van der Waals surface area contributed by atoms with Crippen LogP contribution in [0.25, 0.3) is 6.08 Å². The molecule has 0 aliphatic rings. The number of rotatable bonds is 5. The Morgan fingerprint density at radius 1 is 1.08 bits per heavy atom. The van der Waals surface area contributed by atoms with Crippen molar-refractivity contribution in [3.8, 4) is 5.75 Å². The summed E-state index contributed by atoms with van der Waals surface area (Å²) in [7, 11) is 0. The number of hydrogen-bond donors (Lipinski definition) is 2. The van der Waals surface area contributed by atoms with Gasteiger partial charge in [-0.3, -0.25) is 20.4 Å². The number of hydrogen-bond acceptors (Lipinski definition) is 3. The molecule has 0 aromatic heterocycles. The Hall–Kier alpha value is -2.50. The maximum absolute atomic E-state index is 11.7. The van der Waals surface area contributed by atoms with E-state index < -0.39 is 11.8 Å². The highest BCUT2D eigenvalue weighted by atomic mass is 35.5. The largest absolute Gasteiger partial charge is 0.483 e. The lowest BCUT2D eigenvalue weighted by Gasteiger charge is -2.09. The fourth-order valence-electron chi connectivity index (χ4n) is 1.89. The average Bonchev–Trinajstić information content (AvgIpc) is 2.60. The van der Waals surface area contributed by atoms with Gasteiger partial charge in [0.15, 0.2) is 6.61 Å². The monoisotopic (exact) mass is 378 g/mol. The number of benzene rings is 2. The van der Waals surface area contributed by atoms with Crippen molar-refractivity contribution in [1.82, 2.24) is 10.9 Å². The highest BCUT2D eigenvalue weighted by Gasteiger charge is 2.06. The van der Waals surface area contributed by atoms with E-state index >= 15 is 0 Å². The summed E-state index contributed by atoms with van der Waals surface area (Å²) < 4.78 is 5.38.